The van der Waals surface area contributed by atoms with Gasteiger partial charge in [-0.3, -0.25) is 9.78 Å². The standard InChI is InChI=1S/C17H11FN8O/c18-10-6-4-9(5-7-10)13-12-14(16(27)22-21-13)20-17-23-24-25-26(17)15(12)11-3-1-2-8-19-11/h1-8,15H,(H,22,27)(H,20,23,25)/t15-/m0/s1. The number of pyridine rings is 1. The lowest BCUT2D eigenvalue weighted by Crippen LogP contribution is -2.29. The summed E-state index contributed by atoms with van der Waals surface area (Å²) in [4.78, 5) is 16.9. The zero-order valence-electron chi connectivity index (χ0n) is 13.7. The van der Waals surface area contributed by atoms with Gasteiger partial charge < -0.3 is 5.32 Å². The minimum atomic E-state index is -0.567. The van der Waals surface area contributed by atoms with E-state index in [0.717, 1.165) is 0 Å². The summed E-state index contributed by atoms with van der Waals surface area (Å²) in [7, 11) is 0. The predicted molar refractivity (Wildman–Crippen MR) is 92.8 cm³/mol. The van der Waals surface area contributed by atoms with Crippen LogP contribution in [0.25, 0.3) is 11.3 Å². The van der Waals surface area contributed by atoms with Crippen molar-refractivity contribution in [1.82, 2.24) is 35.4 Å². The number of hydrogen-bond acceptors (Lipinski definition) is 7. The summed E-state index contributed by atoms with van der Waals surface area (Å²) >= 11 is 0. The Morgan fingerprint density at radius 2 is 1.96 bits per heavy atom. The van der Waals surface area contributed by atoms with Crippen LogP contribution in [0.15, 0.2) is 53.5 Å². The van der Waals surface area contributed by atoms with Crippen molar-refractivity contribution in [2.75, 3.05) is 5.32 Å². The van der Waals surface area contributed by atoms with Gasteiger partial charge in [0, 0.05) is 17.3 Å². The van der Waals surface area contributed by atoms with Crippen molar-refractivity contribution in [2.24, 2.45) is 0 Å². The number of nitrogens with zero attached hydrogens (tertiary/aromatic N) is 6. The highest BCUT2D eigenvalue weighted by atomic mass is 19.1. The fourth-order valence-electron chi connectivity index (χ4n) is 3.18. The molecular formula is C17H11FN8O. The molecule has 1 atom stereocenters. The van der Waals surface area contributed by atoms with Crippen LogP contribution in [0.2, 0.25) is 0 Å². The number of nitrogens with one attached hydrogen (secondary N) is 2. The quantitative estimate of drug-likeness (QED) is 0.491. The molecule has 1 aliphatic rings. The average molecular weight is 362 g/mol. The van der Waals surface area contributed by atoms with Gasteiger partial charge in [-0.25, -0.2) is 9.49 Å². The Bertz CT molecular complexity index is 1190. The van der Waals surface area contributed by atoms with Gasteiger partial charge in [-0.15, -0.1) is 0 Å². The van der Waals surface area contributed by atoms with E-state index in [-0.39, 0.29) is 11.5 Å². The summed E-state index contributed by atoms with van der Waals surface area (Å²) in [5.41, 5.74) is 2.19. The number of halogens is 1. The Hall–Kier alpha value is -3.95. The molecule has 0 saturated heterocycles. The fraction of sp³-hybridized carbons (Fsp3) is 0.0588. The maximum Gasteiger partial charge on any atom is 0.288 e. The lowest BCUT2D eigenvalue weighted by atomic mass is 9.95. The van der Waals surface area contributed by atoms with Crippen LogP contribution in [0.3, 0.4) is 0 Å². The van der Waals surface area contributed by atoms with E-state index in [1.165, 1.54) is 12.1 Å². The largest absolute Gasteiger partial charge is 0.318 e. The molecule has 0 saturated carbocycles. The van der Waals surface area contributed by atoms with Crippen molar-refractivity contribution >= 4 is 11.6 Å². The molecule has 132 valence electrons. The molecule has 1 aliphatic heterocycles. The molecule has 5 rings (SSSR count). The molecule has 0 aliphatic carbocycles. The van der Waals surface area contributed by atoms with Crippen molar-refractivity contribution in [3.8, 4) is 11.3 Å². The lowest BCUT2D eigenvalue weighted by molar-refractivity contribution is 0.556. The van der Waals surface area contributed by atoms with Gasteiger partial charge in [0.15, 0.2) is 0 Å². The number of hydrogen-bond donors (Lipinski definition) is 2. The van der Waals surface area contributed by atoms with Gasteiger partial charge in [0.1, 0.15) is 17.5 Å². The van der Waals surface area contributed by atoms with Crippen molar-refractivity contribution in [3.63, 3.8) is 0 Å². The Morgan fingerprint density at radius 1 is 1.11 bits per heavy atom. The molecule has 0 radical (unpaired) electrons. The minimum absolute atomic E-state index is 0.280. The molecule has 0 amide bonds. The molecule has 1 aromatic carbocycles. The normalized spacial score (nSPS) is 14.9. The van der Waals surface area contributed by atoms with Gasteiger partial charge in [0.25, 0.3) is 5.56 Å². The van der Waals surface area contributed by atoms with E-state index in [0.29, 0.717) is 28.5 Å². The molecule has 0 bridgehead atoms. The zero-order chi connectivity index (χ0) is 18.4. The maximum absolute atomic E-state index is 13.4. The van der Waals surface area contributed by atoms with Gasteiger partial charge in [0.05, 0.1) is 11.4 Å². The number of H-pyrrole nitrogens is 1. The first kappa shape index (κ1) is 15.3. The Labute approximate surface area is 150 Å². The summed E-state index contributed by atoms with van der Waals surface area (Å²) in [5.74, 6) is -0.0425. The predicted octanol–water partition coefficient (Wildman–Crippen LogP) is 1.65. The van der Waals surface area contributed by atoms with Crippen molar-refractivity contribution in [3.05, 3.63) is 76.1 Å². The first-order chi connectivity index (χ1) is 13.2. The number of benzene rings is 1. The number of aromatic nitrogens is 7. The molecule has 27 heavy (non-hydrogen) atoms. The Kier molecular flexibility index (Phi) is 3.29. The molecule has 0 unspecified atom stereocenters. The summed E-state index contributed by atoms with van der Waals surface area (Å²) in [6.45, 7) is 0. The van der Waals surface area contributed by atoms with Crippen LogP contribution in [0.5, 0.6) is 0 Å². The first-order valence-electron chi connectivity index (χ1n) is 8.06. The smallest absolute Gasteiger partial charge is 0.288 e. The van der Waals surface area contributed by atoms with Crippen molar-refractivity contribution < 1.29 is 4.39 Å². The molecule has 3 aromatic heterocycles. The number of tetrazole rings is 1. The second-order valence-corrected chi connectivity index (χ2v) is 5.93. The van der Waals surface area contributed by atoms with Crippen molar-refractivity contribution in [1.29, 1.82) is 0 Å². The molecule has 0 fully saturated rings. The molecule has 10 heteroatoms. The van der Waals surface area contributed by atoms with E-state index >= 15 is 0 Å². The minimum Gasteiger partial charge on any atom is -0.318 e. The highest BCUT2D eigenvalue weighted by molar-refractivity contribution is 5.75. The molecular weight excluding hydrogens is 351 g/mol. The topological polar surface area (TPSA) is 114 Å². The number of aromatic amines is 1. The number of anilines is 2. The van der Waals surface area contributed by atoms with Crippen LogP contribution in [0.4, 0.5) is 16.0 Å². The highest BCUT2D eigenvalue weighted by Crippen LogP contribution is 2.40. The maximum atomic E-state index is 13.4. The summed E-state index contributed by atoms with van der Waals surface area (Å²) in [6.07, 6.45) is 1.65. The number of rotatable bonds is 2. The number of fused-ring (bicyclic) bond motifs is 2. The van der Waals surface area contributed by atoms with Crippen LogP contribution in [0.1, 0.15) is 17.3 Å². The van der Waals surface area contributed by atoms with E-state index in [1.807, 2.05) is 12.1 Å². The van der Waals surface area contributed by atoms with E-state index in [1.54, 1.807) is 29.1 Å². The van der Waals surface area contributed by atoms with Gasteiger partial charge in [-0.05, 0) is 46.8 Å². The van der Waals surface area contributed by atoms with Gasteiger partial charge in [-0.1, -0.05) is 11.2 Å². The van der Waals surface area contributed by atoms with Gasteiger partial charge in [-0.2, -0.15) is 9.78 Å². The second kappa shape index (κ2) is 5.80. The van der Waals surface area contributed by atoms with E-state index in [2.05, 4.69) is 36.0 Å². The SMILES string of the molecule is O=c1[nH]nc(-c2ccc(F)cc2)c2c1Nc1nnnn1[C@H]2c1ccccn1. The first-order valence-corrected chi connectivity index (χ1v) is 8.06. The van der Waals surface area contributed by atoms with Gasteiger partial charge in [0.2, 0.25) is 5.95 Å². The zero-order valence-corrected chi connectivity index (χ0v) is 13.7. The molecule has 4 aromatic rings. The monoisotopic (exact) mass is 362 g/mol. The van der Waals surface area contributed by atoms with Crippen LogP contribution in [-0.4, -0.2) is 35.4 Å². The summed E-state index contributed by atoms with van der Waals surface area (Å²) in [6, 6.07) is 10.8. The summed E-state index contributed by atoms with van der Waals surface area (Å²) in [5, 5.41) is 21.3. The lowest BCUT2D eigenvalue weighted by Gasteiger charge is -2.27. The molecule has 9 nitrogen and oxygen atoms in total. The van der Waals surface area contributed by atoms with E-state index in [9.17, 15) is 9.18 Å². The average Bonchev–Trinajstić information content (AvgIpc) is 3.17. The molecule has 2 N–H and O–H groups in total. The second-order valence-electron chi connectivity index (χ2n) is 5.93. The third-order valence-electron chi connectivity index (χ3n) is 4.35. The highest BCUT2D eigenvalue weighted by Gasteiger charge is 2.34. The Morgan fingerprint density at radius 3 is 2.74 bits per heavy atom. The van der Waals surface area contributed by atoms with Crippen molar-refractivity contribution in [2.45, 2.75) is 6.04 Å². The third-order valence-corrected chi connectivity index (χ3v) is 4.35. The van der Waals surface area contributed by atoms with E-state index in [4.69, 9.17) is 0 Å². The fourth-order valence-corrected chi connectivity index (χ4v) is 3.18. The van der Waals surface area contributed by atoms with Gasteiger partial charge >= 0.3 is 0 Å². The van der Waals surface area contributed by atoms with Crippen LogP contribution >= 0.6 is 0 Å². The van der Waals surface area contributed by atoms with Crippen LogP contribution in [0, 0.1) is 5.82 Å². The van der Waals surface area contributed by atoms with E-state index < -0.39 is 11.6 Å². The van der Waals surface area contributed by atoms with Crippen LogP contribution < -0.4 is 10.9 Å². The summed E-state index contributed by atoms with van der Waals surface area (Å²) < 4.78 is 14.9. The molecule has 4 heterocycles. The molecule has 0 spiro atoms. The van der Waals surface area contributed by atoms with Crippen LogP contribution in [-0.2, 0) is 0 Å². The third kappa shape index (κ3) is 2.38. The Balaban J connectivity index is 1.82.